The van der Waals surface area contributed by atoms with Crippen LogP contribution in [0.2, 0.25) is 0 Å². The summed E-state index contributed by atoms with van der Waals surface area (Å²) in [5, 5.41) is 0. The summed E-state index contributed by atoms with van der Waals surface area (Å²) in [7, 11) is 1.35. The van der Waals surface area contributed by atoms with Crippen molar-refractivity contribution < 1.29 is 14.3 Å². The second-order valence-electron chi connectivity index (χ2n) is 6.07. The van der Waals surface area contributed by atoms with Crippen molar-refractivity contribution in [2.45, 2.75) is 25.3 Å². The summed E-state index contributed by atoms with van der Waals surface area (Å²) in [4.78, 5) is 30.4. The van der Waals surface area contributed by atoms with Gasteiger partial charge in [0.05, 0.1) is 22.9 Å². The van der Waals surface area contributed by atoms with Gasteiger partial charge >= 0.3 is 5.97 Å². The smallest absolute Gasteiger partial charge is 0.325 e. The van der Waals surface area contributed by atoms with E-state index in [0.29, 0.717) is 10.4 Å². The average Bonchev–Trinajstić information content (AvgIpc) is 2.98. The van der Waals surface area contributed by atoms with Crippen LogP contribution in [-0.2, 0) is 16.1 Å². The second-order valence-corrected chi connectivity index (χ2v) is 7.93. The minimum Gasteiger partial charge on any atom is -0.468 e. The van der Waals surface area contributed by atoms with Crippen molar-refractivity contribution in [3.8, 4) is 0 Å². The van der Waals surface area contributed by atoms with E-state index < -0.39 is 0 Å². The Kier molecular flexibility index (Phi) is 5.82. The van der Waals surface area contributed by atoms with Crippen molar-refractivity contribution in [1.29, 1.82) is 0 Å². The van der Waals surface area contributed by atoms with Crippen LogP contribution in [0.15, 0.2) is 46.3 Å². The van der Waals surface area contributed by atoms with Crippen LogP contribution in [0.3, 0.4) is 0 Å². The molecule has 0 bridgehead atoms. The van der Waals surface area contributed by atoms with Crippen LogP contribution < -0.4 is 4.80 Å². The number of amides is 1. The number of fused-ring (bicyclic) bond motifs is 1. The highest BCUT2D eigenvalue weighted by molar-refractivity contribution is 7.98. The Morgan fingerprint density at radius 1 is 1.19 bits per heavy atom. The molecule has 3 rings (SSSR count). The van der Waals surface area contributed by atoms with E-state index in [1.807, 2.05) is 44.4 Å². The van der Waals surface area contributed by atoms with Gasteiger partial charge in [-0.3, -0.25) is 9.59 Å². The van der Waals surface area contributed by atoms with E-state index in [1.54, 1.807) is 10.6 Å². The summed E-state index contributed by atoms with van der Waals surface area (Å²) in [6, 6.07) is 11.5. The van der Waals surface area contributed by atoms with E-state index in [2.05, 4.69) is 11.1 Å². The van der Waals surface area contributed by atoms with Gasteiger partial charge in [-0.25, -0.2) is 0 Å². The van der Waals surface area contributed by atoms with Crippen LogP contribution in [0.25, 0.3) is 10.2 Å². The van der Waals surface area contributed by atoms with Gasteiger partial charge < -0.3 is 9.30 Å². The third-order valence-electron chi connectivity index (χ3n) is 4.35. The standard InChI is InChI=1S/C20H20N2O3S2/c1-12-9-15-17(10-13(12)2)27-20(22(15)11-18(23)25-3)21-19(24)14-7-5-6-8-16(14)26-4/h5-10H,11H2,1-4H3. The Labute approximate surface area is 165 Å². The number of aromatic nitrogens is 1. The lowest BCUT2D eigenvalue weighted by Crippen LogP contribution is -2.22. The van der Waals surface area contributed by atoms with E-state index in [0.717, 1.165) is 26.2 Å². The quantitative estimate of drug-likeness (QED) is 0.491. The lowest BCUT2D eigenvalue weighted by Gasteiger charge is -2.06. The number of hydrogen-bond acceptors (Lipinski definition) is 5. The number of ether oxygens (including phenoxy) is 1. The van der Waals surface area contributed by atoms with Crippen LogP contribution in [0.4, 0.5) is 0 Å². The van der Waals surface area contributed by atoms with E-state index in [-0.39, 0.29) is 18.4 Å². The normalized spacial score (nSPS) is 11.8. The first-order chi connectivity index (χ1) is 12.9. The average molecular weight is 401 g/mol. The molecule has 0 aliphatic heterocycles. The zero-order valence-electron chi connectivity index (χ0n) is 15.6. The maximum atomic E-state index is 12.8. The molecule has 0 aliphatic carbocycles. The minimum atomic E-state index is -0.383. The molecule has 0 N–H and O–H groups in total. The molecule has 27 heavy (non-hydrogen) atoms. The predicted molar refractivity (Wildman–Crippen MR) is 109 cm³/mol. The maximum absolute atomic E-state index is 12.8. The summed E-state index contributed by atoms with van der Waals surface area (Å²) in [5.74, 6) is -0.704. The Morgan fingerprint density at radius 2 is 1.89 bits per heavy atom. The second kappa shape index (κ2) is 8.10. The van der Waals surface area contributed by atoms with Gasteiger partial charge in [-0.1, -0.05) is 23.5 Å². The summed E-state index contributed by atoms with van der Waals surface area (Å²) in [6.45, 7) is 4.07. The molecule has 0 atom stereocenters. The van der Waals surface area contributed by atoms with Crippen LogP contribution in [-0.4, -0.2) is 29.8 Å². The Hall–Kier alpha value is -2.38. The lowest BCUT2D eigenvalue weighted by molar-refractivity contribution is -0.141. The minimum absolute atomic E-state index is 0.00922. The van der Waals surface area contributed by atoms with E-state index in [9.17, 15) is 9.59 Å². The number of carbonyl (C=O) groups is 2. The van der Waals surface area contributed by atoms with Gasteiger partial charge in [0.25, 0.3) is 5.91 Å². The van der Waals surface area contributed by atoms with Crippen molar-refractivity contribution in [3.05, 3.63) is 57.9 Å². The molecule has 0 spiro atoms. The molecule has 0 saturated heterocycles. The van der Waals surface area contributed by atoms with Crippen molar-refractivity contribution in [2.24, 2.45) is 4.99 Å². The molecule has 0 radical (unpaired) electrons. The maximum Gasteiger partial charge on any atom is 0.325 e. The number of aryl methyl sites for hydroxylation is 2. The van der Waals surface area contributed by atoms with Crippen LogP contribution in [0, 0.1) is 13.8 Å². The van der Waals surface area contributed by atoms with Gasteiger partial charge in [0.2, 0.25) is 0 Å². The van der Waals surface area contributed by atoms with Crippen LogP contribution in [0.1, 0.15) is 21.5 Å². The number of thiazole rings is 1. The molecule has 0 fully saturated rings. The molecule has 0 unspecified atom stereocenters. The summed E-state index contributed by atoms with van der Waals surface area (Å²) < 4.78 is 7.55. The molecule has 1 heterocycles. The monoisotopic (exact) mass is 400 g/mol. The molecular formula is C20H20N2O3S2. The van der Waals surface area contributed by atoms with Gasteiger partial charge in [-0.05, 0) is 55.5 Å². The molecule has 1 aromatic heterocycles. The highest BCUT2D eigenvalue weighted by atomic mass is 32.2. The van der Waals surface area contributed by atoms with Crippen molar-refractivity contribution in [3.63, 3.8) is 0 Å². The fourth-order valence-electron chi connectivity index (χ4n) is 2.72. The Morgan fingerprint density at radius 3 is 2.59 bits per heavy atom. The van der Waals surface area contributed by atoms with Gasteiger partial charge in [-0.15, -0.1) is 11.8 Å². The van der Waals surface area contributed by atoms with Crippen LogP contribution in [0.5, 0.6) is 0 Å². The third kappa shape index (κ3) is 3.99. The SMILES string of the molecule is COC(=O)Cn1c(=NC(=O)c2ccccc2SC)sc2cc(C)c(C)cc21. The molecule has 5 nitrogen and oxygen atoms in total. The zero-order chi connectivity index (χ0) is 19.6. The molecule has 0 aliphatic rings. The van der Waals surface area contributed by atoms with E-state index in [1.165, 1.54) is 30.2 Å². The molecule has 0 saturated carbocycles. The number of hydrogen-bond donors (Lipinski definition) is 0. The van der Waals surface area contributed by atoms with Crippen LogP contribution >= 0.6 is 23.1 Å². The fourth-order valence-corrected chi connectivity index (χ4v) is 4.42. The number of nitrogens with zero attached hydrogens (tertiary/aromatic N) is 2. The first-order valence-corrected chi connectivity index (χ1v) is 10.4. The fraction of sp³-hybridized carbons (Fsp3) is 0.250. The van der Waals surface area contributed by atoms with Gasteiger partial charge in [0.1, 0.15) is 6.54 Å². The largest absolute Gasteiger partial charge is 0.468 e. The Bertz CT molecular complexity index is 1100. The number of rotatable bonds is 4. The summed E-state index contributed by atoms with van der Waals surface area (Å²) in [6.07, 6.45) is 1.93. The Balaban J connectivity index is 2.20. The van der Waals surface area contributed by atoms with E-state index in [4.69, 9.17) is 4.74 Å². The molecule has 140 valence electrons. The third-order valence-corrected chi connectivity index (χ3v) is 6.18. The van der Waals surface area contributed by atoms with Crippen molar-refractivity contribution >= 4 is 45.2 Å². The van der Waals surface area contributed by atoms with Gasteiger partial charge in [-0.2, -0.15) is 4.99 Å². The molecule has 7 heteroatoms. The van der Waals surface area contributed by atoms with Gasteiger partial charge in [0.15, 0.2) is 4.80 Å². The first-order valence-electron chi connectivity index (χ1n) is 8.34. The molecule has 3 aromatic rings. The van der Waals surface area contributed by atoms with Crippen molar-refractivity contribution in [2.75, 3.05) is 13.4 Å². The predicted octanol–water partition coefficient (Wildman–Crippen LogP) is 3.96. The number of benzene rings is 2. The molecule has 2 aromatic carbocycles. The summed E-state index contributed by atoms with van der Waals surface area (Å²) in [5.41, 5.74) is 3.70. The summed E-state index contributed by atoms with van der Waals surface area (Å²) >= 11 is 2.90. The topological polar surface area (TPSA) is 60.7 Å². The van der Waals surface area contributed by atoms with E-state index >= 15 is 0 Å². The number of thioether (sulfide) groups is 1. The first kappa shape index (κ1) is 19.4. The van der Waals surface area contributed by atoms with Crippen molar-refractivity contribution in [1.82, 2.24) is 4.57 Å². The lowest BCUT2D eigenvalue weighted by atomic mass is 10.1. The highest BCUT2D eigenvalue weighted by Crippen LogP contribution is 2.23. The molecular weight excluding hydrogens is 380 g/mol. The van der Waals surface area contributed by atoms with Gasteiger partial charge in [0, 0.05) is 4.90 Å². The number of carbonyl (C=O) groups excluding carboxylic acids is 2. The number of methoxy groups -OCH3 is 1. The number of esters is 1. The zero-order valence-corrected chi connectivity index (χ0v) is 17.2. The highest BCUT2D eigenvalue weighted by Gasteiger charge is 2.15. The molecule has 1 amide bonds.